The summed E-state index contributed by atoms with van der Waals surface area (Å²) in [7, 11) is 4.06. The van der Waals surface area contributed by atoms with Crippen molar-refractivity contribution in [3.8, 4) is 0 Å². The summed E-state index contributed by atoms with van der Waals surface area (Å²) in [4.78, 5) is 17.1. The number of hydrogen-bond donors (Lipinski definition) is 2. The van der Waals surface area contributed by atoms with Gasteiger partial charge in [0.15, 0.2) is 0 Å². The van der Waals surface area contributed by atoms with Gasteiger partial charge in [-0.2, -0.15) is 5.10 Å². The molecular weight excluding hydrogens is 412 g/mol. The first-order chi connectivity index (χ1) is 15.4. The minimum atomic E-state index is -0.615. The van der Waals surface area contributed by atoms with Crippen molar-refractivity contribution in [3.05, 3.63) is 52.9 Å². The van der Waals surface area contributed by atoms with Gasteiger partial charge in [-0.25, -0.2) is 8.78 Å². The molecule has 0 unspecified atom stereocenters. The highest BCUT2D eigenvalue weighted by Gasteiger charge is 2.31. The number of halogens is 2. The van der Waals surface area contributed by atoms with Crippen LogP contribution in [0.25, 0.3) is 0 Å². The molecule has 0 spiro atoms. The number of nitrogens with one attached hydrogen (secondary N) is 2. The minimum Gasteiger partial charge on any atom is -0.338 e. The summed E-state index contributed by atoms with van der Waals surface area (Å²) in [5, 5.41) is 10.7. The molecule has 0 bridgehead atoms. The third-order valence-corrected chi connectivity index (χ3v) is 6.39. The number of amides is 1. The highest BCUT2D eigenvalue weighted by molar-refractivity contribution is 5.79. The van der Waals surface area contributed by atoms with E-state index in [-0.39, 0.29) is 18.4 Å². The van der Waals surface area contributed by atoms with Crippen molar-refractivity contribution < 1.29 is 13.6 Å². The predicted octanol–water partition coefficient (Wildman–Crippen LogP) is 3.66. The van der Waals surface area contributed by atoms with Gasteiger partial charge in [0, 0.05) is 62.4 Å². The molecule has 0 saturated heterocycles. The van der Waals surface area contributed by atoms with Gasteiger partial charge in [-0.05, 0) is 64.4 Å². The van der Waals surface area contributed by atoms with E-state index in [1.165, 1.54) is 17.7 Å². The standard InChI is InChI=1S/C24H35F2N5O/c1-4-31(15-17-11-21(25)13-22(26)12-17)24(32)19-7-5-18(6-8-19)23-20(14-28-29-23)16-30(3)10-9-27-2/h11-14,18-19,27H,4-10,15-16H2,1-3H3,(H,28,29). The van der Waals surface area contributed by atoms with Gasteiger partial charge in [0.05, 0.1) is 5.69 Å². The Hall–Kier alpha value is -2.32. The molecule has 1 aromatic heterocycles. The summed E-state index contributed by atoms with van der Waals surface area (Å²) in [5.74, 6) is -0.855. The fourth-order valence-corrected chi connectivity index (χ4v) is 4.62. The van der Waals surface area contributed by atoms with Crippen molar-refractivity contribution in [2.24, 2.45) is 5.92 Å². The average Bonchev–Trinajstić information content (AvgIpc) is 3.23. The number of H-pyrrole nitrogens is 1. The lowest BCUT2D eigenvalue weighted by atomic mass is 9.79. The highest BCUT2D eigenvalue weighted by Crippen LogP contribution is 2.37. The Morgan fingerprint density at radius 1 is 1.16 bits per heavy atom. The maximum Gasteiger partial charge on any atom is 0.225 e. The SMILES string of the molecule is CCN(Cc1cc(F)cc(F)c1)C(=O)C1CCC(c2n[nH]cc2CN(C)CCNC)CC1. The van der Waals surface area contributed by atoms with Crippen molar-refractivity contribution in [1.82, 2.24) is 25.3 Å². The van der Waals surface area contributed by atoms with Gasteiger partial charge >= 0.3 is 0 Å². The number of carbonyl (C=O) groups excluding carboxylic acids is 1. The quantitative estimate of drug-likeness (QED) is 0.584. The number of rotatable bonds is 10. The summed E-state index contributed by atoms with van der Waals surface area (Å²) >= 11 is 0. The first-order valence-corrected chi connectivity index (χ1v) is 11.5. The average molecular weight is 448 g/mol. The van der Waals surface area contributed by atoms with E-state index in [0.717, 1.165) is 57.1 Å². The summed E-state index contributed by atoms with van der Waals surface area (Å²) in [6, 6.07) is 3.44. The van der Waals surface area contributed by atoms with Gasteiger partial charge in [0.2, 0.25) is 5.91 Å². The lowest BCUT2D eigenvalue weighted by Gasteiger charge is -2.32. The Kier molecular flexibility index (Phi) is 8.75. The zero-order valence-electron chi connectivity index (χ0n) is 19.3. The van der Waals surface area contributed by atoms with E-state index in [4.69, 9.17) is 0 Å². The van der Waals surface area contributed by atoms with E-state index >= 15 is 0 Å². The second-order valence-corrected chi connectivity index (χ2v) is 8.82. The first kappa shape index (κ1) is 24.3. The van der Waals surface area contributed by atoms with Crippen LogP contribution < -0.4 is 5.32 Å². The van der Waals surface area contributed by atoms with E-state index in [2.05, 4.69) is 27.5 Å². The number of benzene rings is 1. The molecule has 1 saturated carbocycles. The van der Waals surface area contributed by atoms with E-state index in [1.807, 2.05) is 20.2 Å². The molecule has 1 aliphatic carbocycles. The molecule has 1 aliphatic rings. The van der Waals surface area contributed by atoms with Crippen LogP contribution in [0.3, 0.4) is 0 Å². The number of nitrogens with zero attached hydrogens (tertiary/aromatic N) is 3. The Bertz CT molecular complexity index is 859. The first-order valence-electron chi connectivity index (χ1n) is 11.5. The molecule has 1 heterocycles. The summed E-state index contributed by atoms with van der Waals surface area (Å²) in [5.41, 5.74) is 2.83. The predicted molar refractivity (Wildman–Crippen MR) is 121 cm³/mol. The minimum absolute atomic E-state index is 0.0506. The van der Waals surface area contributed by atoms with Gasteiger partial charge < -0.3 is 15.1 Å². The van der Waals surface area contributed by atoms with Crippen LogP contribution in [0.2, 0.25) is 0 Å². The van der Waals surface area contributed by atoms with Crippen LogP contribution in [-0.2, 0) is 17.9 Å². The van der Waals surface area contributed by atoms with Crippen LogP contribution in [0, 0.1) is 17.6 Å². The Labute approximate surface area is 189 Å². The Morgan fingerprint density at radius 2 is 1.84 bits per heavy atom. The monoisotopic (exact) mass is 447 g/mol. The molecule has 1 amide bonds. The third kappa shape index (κ3) is 6.36. The fourth-order valence-electron chi connectivity index (χ4n) is 4.62. The summed E-state index contributed by atoms with van der Waals surface area (Å²) < 4.78 is 27.1. The topological polar surface area (TPSA) is 64.3 Å². The lowest BCUT2D eigenvalue weighted by molar-refractivity contribution is -0.137. The smallest absolute Gasteiger partial charge is 0.225 e. The van der Waals surface area contributed by atoms with Crippen LogP contribution in [0.4, 0.5) is 8.78 Å². The van der Waals surface area contributed by atoms with Crippen LogP contribution in [0.5, 0.6) is 0 Å². The highest BCUT2D eigenvalue weighted by atomic mass is 19.1. The molecule has 0 aliphatic heterocycles. The maximum atomic E-state index is 13.5. The van der Waals surface area contributed by atoms with Crippen molar-refractivity contribution in [2.45, 2.75) is 51.6 Å². The normalized spacial score (nSPS) is 18.8. The third-order valence-electron chi connectivity index (χ3n) is 6.39. The van der Waals surface area contributed by atoms with E-state index in [0.29, 0.717) is 18.0 Å². The van der Waals surface area contributed by atoms with Gasteiger partial charge in [-0.3, -0.25) is 9.89 Å². The summed E-state index contributed by atoms with van der Waals surface area (Å²) in [6.45, 7) is 5.39. The van der Waals surface area contributed by atoms with Gasteiger partial charge in [0.1, 0.15) is 11.6 Å². The van der Waals surface area contributed by atoms with E-state index < -0.39 is 11.6 Å². The van der Waals surface area contributed by atoms with Crippen molar-refractivity contribution in [3.63, 3.8) is 0 Å². The Balaban J connectivity index is 1.57. The number of likely N-dealkylation sites (N-methyl/N-ethyl adjacent to an activating group) is 2. The van der Waals surface area contributed by atoms with Crippen molar-refractivity contribution >= 4 is 5.91 Å². The molecular formula is C24H35F2N5O. The number of aromatic amines is 1. The van der Waals surface area contributed by atoms with Gasteiger partial charge in [-0.1, -0.05) is 0 Å². The van der Waals surface area contributed by atoms with Crippen LogP contribution in [0.1, 0.15) is 55.3 Å². The van der Waals surface area contributed by atoms with Crippen molar-refractivity contribution in [2.75, 3.05) is 33.7 Å². The summed E-state index contributed by atoms with van der Waals surface area (Å²) in [6.07, 6.45) is 5.43. The molecule has 3 rings (SSSR count). The molecule has 6 nitrogen and oxygen atoms in total. The second kappa shape index (κ2) is 11.5. The molecule has 2 N–H and O–H groups in total. The molecule has 1 fully saturated rings. The zero-order valence-corrected chi connectivity index (χ0v) is 19.3. The molecule has 32 heavy (non-hydrogen) atoms. The molecule has 2 aromatic rings. The van der Waals surface area contributed by atoms with Gasteiger partial charge in [0.25, 0.3) is 0 Å². The maximum absolute atomic E-state index is 13.5. The van der Waals surface area contributed by atoms with Crippen LogP contribution in [0.15, 0.2) is 24.4 Å². The molecule has 8 heteroatoms. The molecule has 0 radical (unpaired) electrons. The van der Waals surface area contributed by atoms with E-state index in [1.54, 1.807) is 4.90 Å². The molecule has 0 atom stereocenters. The number of aromatic nitrogens is 2. The molecule has 1 aromatic carbocycles. The fraction of sp³-hybridized carbons (Fsp3) is 0.583. The van der Waals surface area contributed by atoms with E-state index in [9.17, 15) is 13.6 Å². The second-order valence-electron chi connectivity index (χ2n) is 8.82. The van der Waals surface area contributed by atoms with Crippen LogP contribution >= 0.6 is 0 Å². The number of carbonyl (C=O) groups is 1. The van der Waals surface area contributed by atoms with Crippen molar-refractivity contribution in [1.29, 1.82) is 0 Å². The van der Waals surface area contributed by atoms with Crippen LogP contribution in [-0.4, -0.2) is 59.6 Å². The number of hydrogen-bond acceptors (Lipinski definition) is 4. The lowest BCUT2D eigenvalue weighted by Crippen LogP contribution is -2.37. The van der Waals surface area contributed by atoms with Gasteiger partial charge in [-0.15, -0.1) is 0 Å². The Morgan fingerprint density at radius 3 is 2.47 bits per heavy atom. The largest absolute Gasteiger partial charge is 0.338 e. The molecule has 176 valence electrons. The zero-order chi connectivity index (χ0) is 23.1.